The Morgan fingerprint density at radius 3 is 2.59 bits per heavy atom. The van der Waals surface area contributed by atoms with E-state index in [1.165, 1.54) is 31.0 Å². The van der Waals surface area contributed by atoms with Gasteiger partial charge in [-0.25, -0.2) is 9.97 Å². The number of thioether (sulfide) groups is 1. The number of fused-ring (bicyclic) bond motifs is 5. The summed E-state index contributed by atoms with van der Waals surface area (Å²) in [6.45, 7) is 1.96. The normalized spacial score (nSPS) is 16.4. The number of nitrogens with one attached hydrogen (secondary N) is 1. The van der Waals surface area contributed by atoms with Crippen molar-refractivity contribution in [2.24, 2.45) is 0 Å². The molecule has 5 rings (SSSR count). The molecule has 148 valence electrons. The first kappa shape index (κ1) is 18.4. The summed E-state index contributed by atoms with van der Waals surface area (Å²) in [6, 6.07) is 16.5. The molecule has 0 aliphatic heterocycles. The third-order valence-corrected chi connectivity index (χ3v) is 6.77. The second kappa shape index (κ2) is 7.67. The van der Waals surface area contributed by atoms with Crippen LogP contribution >= 0.6 is 11.8 Å². The molecule has 2 aromatic heterocycles. The first-order valence-electron chi connectivity index (χ1n) is 10.3. The molecular weight excluding hydrogens is 380 g/mol. The van der Waals surface area contributed by atoms with Crippen molar-refractivity contribution in [2.75, 3.05) is 0 Å². The Balaban J connectivity index is 1.53. The fraction of sp³-hybridized carbons (Fsp3) is 0.348. The van der Waals surface area contributed by atoms with Crippen molar-refractivity contribution in [3.05, 3.63) is 48.5 Å². The van der Waals surface area contributed by atoms with Gasteiger partial charge in [0, 0.05) is 11.4 Å². The van der Waals surface area contributed by atoms with Crippen molar-refractivity contribution >= 4 is 45.3 Å². The van der Waals surface area contributed by atoms with Gasteiger partial charge in [0.15, 0.2) is 5.16 Å². The van der Waals surface area contributed by atoms with Crippen molar-refractivity contribution in [1.82, 2.24) is 19.7 Å². The highest BCUT2D eigenvalue weighted by atomic mass is 32.2. The molecule has 0 unspecified atom stereocenters. The van der Waals surface area contributed by atoms with Crippen molar-refractivity contribution < 1.29 is 4.79 Å². The zero-order chi connectivity index (χ0) is 19.8. The SMILES string of the molecule is C[C@H](Sc1nc2ccccc2c2nc3ccccc3n12)C(=O)NC1CCCCC1. The number of hydrogen-bond donors (Lipinski definition) is 1. The second-order valence-corrected chi connectivity index (χ2v) is 9.08. The number of nitrogens with zero attached hydrogens (tertiary/aromatic N) is 3. The number of imidazole rings is 1. The van der Waals surface area contributed by atoms with Gasteiger partial charge in [0.25, 0.3) is 0 Å². The number of aromatic nitrogens is 3. The lowest BCUT2D eigenvalue weighted by molar-refractivity contribution is -0.121. The monoisotopic (exact) mass is 404 g/mol. The average Bonchev–Trinajstić information content (AvgIpc) is 3.15. The predicted octanol–water partition coefficient (Wildman–Crippen LogP) is 4.97. The van der Waals surface area contributed by atoms with Gasteiger partial charge in [0.2, 0.25) is 5.91 Å². The third kappa shape index (κ3) is 3.46. The van der Waals surface area contributed by atoms with Crippen LogP contribution in [0.3, 0.4) is 0 Å². The van der Waals surface area contributed by atoms with Crippen LogP contribution in [0.4, 0.5) is 0 Å². The third-order valence-electron chi connectivity index (χ3n) is 5.72. The number of carbonyl (C=O) groups is 1. The Morgan fingerprint density at radius 2 is 1.76 bits per heavy atom. The van der Waals surface area contributed by atoms with E-state index in [-0.39, 0.29) is 11.2 Å². The molecule has 1 fully saturated rings. The fourth-order valence-corrected chi connectivity index (χ4v) is 5.10. The van der Waals surface area contributed by atoms with Crippen molar-refractivity contribution in [1.29, 1.82) is 0 Å². The van der Waals surface area contributed by atoms with E-state index in [0.29, 0.717) is 6.04 Å². The van der Waals surface area contributed by atoms with Crippen LogP contribution in [0.15, 0.2) is 53.7 Å². The first-order chi connectivity index (χ1) is 14.2. The Bertz CT molecular complexity index is 1200. The van der Waals surface area contributed by atoms with E-state index in [4.69, 9.17) is 9.97 Å². The van der Waals surface area contributed by atoms with E-state index < -0.39 is 0 Å². The summed E-state index contributed by atoms with van der Waals surface area (Å²) in [5.74, 6) is 0.0921. The van der Waals surface area contributed by atoms with Crippen LogP contribution in [0, 0.1) is 0 Å². The van der Waals surface area contributed by atoms with E-state index >= 15 is 0 Å². The summed E-state index contributed by atoms with van der Waals surface area (Å²) in [7, 11) is 0. The fourth-order valence-electron chi connectivity index (χ4n) is 4.17. The molecule has 0 bridgehead atoms. The van der Waals surface area contributed by atoms with Crippen LogP contribution in [-0.2, 0) is 4.79 Å². The van der Waals surface area contributed by atoms with Crippen LogP contribution in [0.25, 0.3) is 27.6 Å². The van der Waals surface area contributed by atoms with E-state index in [1.54, 1.807) is 0 Å². The Morgan fingerprint density at radius 1 is 1.03 bits per heavy atom. The van der Waals surface area contributed by atoms with Crippen molar-refractivity contribution in [3.63, 3.8) is 0 Å². The lowest BCUT2D eigenvalue weighted by atomic mass is 9.95. The minimum absolute atomic E-state index is 0.0921. The highest BCUT2D eigenvalue weighted by molar-refractivity contribution is 8.00. The van der Waals surface area contributed by atoms with Gasteiger partial charge in [-0.05, 0) is 44.0 Å². The summed E-state index contributed by atoms with van der Waals surface area (Å²) in [4.78, 5) is 22.6. The van der Waals surface area contributed by atoms with Gasteiger partial charge in [0.1, 0.15) is 5.65 Å². The van der Waals surface area contributed by atoms with Gasteiger partial charge in [-0.2, -0.15) is 0 Å². The minimum Gasteiger partial charge on any atom is -0.352 e. The van der Waals surface area contributed by atoms with Gasteiger partial charge in [-0.3, -0.25) is 9.20 Å². The highest BCUT2D eigenvalue weighted by Crippen LogP contribution is 2.31. The summed E-state index contributed by atoms with van der Waals surface area (Å²) in [5, 5.41) is 4.84. The van der Waals surface area contributed by atoms with Crippen LogP contribution in [0.2, 0.25) is 0 Å². The quantitative estimate of drug-likeness (QED) is 0.386. The van der Waals surface area contributed by atoms with E-state index in [0.717, 1.165) is 45.6 Å². The molecule has 1 aliphatic carbocycles. The Labute approximate surface area is 173 Å². The van der Waals surface area contributed by atoms with Crippen molar-refractivity contribution in [3.8, 4) is 0 Å². The Hall–Kier alpha value is -2.60. The lowest BCUT2D eigenvalue weighted by Crippen LogP contribution is -2.40. The second-order valence-electron chi connectivity index (χ2n) is 7.77. The summed E-state index contributed by atoms with van der Waals surface area (Å²) < 4.78 is 2.09. The molecule has 1 aliphatic rings. The number of carbonyl (C=O) groups excluding carboxylic acids is 1. The number of para-hydroxylation sites is 3. The maximum absolute atomic E-state index is 12.8. The summed E-state index contributed by atoms with van der Waals surface area (Å²) in [6.07, 6.45) is 5.88. The van der Waals surface area contributed by atoms with Crippen LogP contribution in [0.1, 0.15) is 39.0 Å². The van der Waals surface area contributed by atoms with Crippen LogP contribution in [-0.4, -0.2) is 31.6 Å². The topological polar surface area (TPSA) is 59.3 Å². The average molecular weight is 405 g/mol. The predicted molar refractivity (Wildman–Crippen MR) is 118 cm³/mol. The molecule has 1 saturated carbocycles. The molecule has 1 atom stereocenters. The van der Waals surface area contributed by atoms with Crippen LogP contribution < -0.4 is 5.32 Å². The maximum Gasteiger partial charge on any atom is 0.233 e. The summed E-state index contributed by atoms with van der Waals surface area (Å²) in [5.41, 5.74) is 3.74. The van der Waals surface area contributed by atoms with Gasteiger partial charge in [-0.15, -0.1) is 0 Å². The largest absolute Gasteiger partial charge is 0.352 e. The summed E-state index contributed by atoms with van der Waals surface area (Å²) >= 11 is 1.50. The van der Waals surface area contributed by atoms with Gasteiger partial charge < -0.3 is 5.32 Å². The zero-order valence-corrected chi connectivity index (χ0v) is 17.3. The highest BCUT2D eigenvalue weighted by Gasteiger charge is 2.23. The zero-order valence-electron chi connectivity index (χ0n) is 16.5. The molecule has 4 aromatic rings. The van der Waals surface area contributed by atoms with Gasteiger partial charge in [0.05, 0.1) is 21.8 Å². The lowest BCUT2D eigenvalue weighted by Gasteiger charge is -2.24. The number of amides is 1. The molecule has 6 heteroatoms. The van der Waals surface area contributed by atoms with Crippen LogP contribution in [0.5, 0.6) is 0 Å². The number of hydrogen-bond acceptors (Lipinski definition) is 4. The van der Waals surface area contributed by atoms with Crippen molar-refractivity contribution in [2.45, 2.75) is 55.5 Å². The van der Waals surface area contributed by atoms with E-state index in [9.17, 15) is 4.79 Å². The molecule has 29 heavy (non-hydrogen) atoms. The standard InChI is InChI=1S/C23H24N4OS/c1-15(22(28)24-16-9-3-2-4-10-16)29-23-26-18-12-6-5-11-17(18)21-25-19-13-7-8-14-20(19)27(21)23/h5-8,11-16H,2-4,9-10H2,1H3,(H,24,28)/t15-/m0/s1. The molecule has 0 spiro atoms. The molecule has 0 saturated heterocycles. The molecule has 5 nitrogen and oxygen atoms in total. The minimum atomic E-state index is -0.227. The smallest absolute Gasteiger partial charge is 0.233 e. The molecule has 0 radical (unpaired) electrons. The number of benzene rings is 2. The maximum atomic E-state index is 12.8. The first-order valence-corrected chi connectivity index (χ1v) is 11.2. The van der Waals surface area contributed by atoms with Gasteiger partial charge in [-0.1, -0.05) is 55.3 Å². The molecule has 2 heterocycles. The van der Waals surface area contributed by atoms with E-state index in [1.807, 2.05) is 43.3 Å². The molecule has 1 N–H and O–H groups in total. The van der Waals surface area contributed by atoms with Gasteiger partial charge >= 0.3 is 0 Å². The number of rotatable bonds is 4. The Kier molecular flexibility index (Phi) is 4.87. The molecular formula is C23H24N4OS. The molecule has 2 aromatic carbocycles. The van der Waals surface area contributed by atoms with E-state index in [2.05, 4.69) is 21.9 Å². The molecule has 1 amide bonds.